The molecular weight excluding hydrogens is 289 g/mol. The zero-order valence-electron chi connectivity index (χ0n) is 8.84. The highest BCUT2D eigenvalue weighted by Crippen LogP contribution is 2.21. The fraction of sp³-hybridized carbons (Fsp3) is 0.600. The number of hydrogen-bond acceptors (Lipinski definition) is 3. The van der Waals surface area contributed by atoms with Crippen molar-refractivity contribution >= 4 is 28.4 Å². The molecule has 0 aliphatic rings. The Morgan fingerprint density at radius 3 is 2.50 bits per heavy atom. The smallest absolute Gasteiger partial charge is 0.140 e. The van der Waals surface area contributed by atoms with Gasteiger partial charge >= 0.3 is 0 Å². The largest absolute Gasteiger partial charge is 0.383 e. The molecular formula is C10H16IN3. The molecule has 78 valence electrons. The van der Waals surface area contributed by atoms with E-state index in [9.17, 15) is 0 Å². The number of rotatable bonds is 3. The summed E-state index contributed by atoms with van der Waals surface area (Å²) in [7, 11) is 0. The van der Waals surface area contributed by atoms with Crippen LogP contribution in [0.15, 0.2) is 0 Å². The van der Waals surface area contributed by atoms with Crippen LogP contribution in [0, 0.1) is 3.57 Å². The van der Waals surface area contributed by atoms with E-state index in [1.807, 2.05) is 0 Å². The van der Waals surface area contributed by atoms with Crippen molar-refractivity contribution in [2.45, 2.75) is 39.5 Å². The molecule has 0 amide bonds. The number of halogens is 1. The van der Waals surface area contributed by atoms with E-state index >= 15 is 0 Å². The third-order valence-corrected chi connectivity index (χ3v) is 3.53. The van der Waals surface area contributed by atoms with Gasteiger partial charge in [-0.15, -0.1) is 0 Å². The second-order valence-electron chi connectivity index (χ2n) is 3.39. The summed E-state index contributed by atoms with van der Waals surface area (Å²) < 4.78 is 0.997. The van der Waals surface area contributed by atoms with E-state index in [1.54, 1.807) is 0 Å². The number of nitrogens with two attached hydrogens (primary N) is 1. The molecule has 2 N–H and O–H groups in total. The van der Waals surface area contributed by atoms with E-state index in [0.717, 1.165) is 27.9 Å². The van der Waals surface area contributed by atoms with Crippen LogP contribution in [0.25, 0.3) is 0 Å². The van der Waals surface area contributed by atoms with Crippen LogP contribution in [0.3, 0.4) is 0 Å². The maximum atomic E-state index is 5.83. The Hall–Kier alpha value is -0.390. The van der Waals surface area contributed by atoms with Gasteiger partial charge in [0, 0.05) is 5.92 Å². The van der Waals surface area contributed by atoms with Crippen molar-refractivity contribution in [1.82, 2.24) is 9.97 Å². The lowest BCUT2D eigenvalue weighted by Gasteiger charge is -2.11. The van der Waals surface area contributed by atoms with Crippen molar-refractivity contribution in [2.75, 3.05) is 5.73 Å². The summed E-state index contributed by atoms with van der Waals surface area (Å²) in [6, 6.07) is 0. The zero-order valence-corrected chi connectivity index (χ0v) is 11.0. The molecule has 0 aliphatic heterocycles. The van der Waals surface area contributed by atoms with Gasteiger partial charge in [0.1, 0.15) is 11.6 Å². The third kappa shape index (κ3) is 2.34. The van der Waals surface area contributed by atoms with E-state index < -0.39 is 0 Å². The molecule has 1 atom stereocenters. The molecule has 0 bridgehead atoms. The summed E-state index contributed by atoms with van der Waals surface area (Å²) in [6.07, 6.45) is 1.96. The Labute approximate surface area is 98.7 Å². The predicted octanol–water partition coefficient (Wildman–Crippen LogP) is 2.74. The van der Waals surface area contributed by atoms with Gasteiger partial charge in [-0.25, -0.2) is 9.97 Å². The molecule has 0 saturated heterocycles. The SMILES string of the molecule is CCc1nc(C(C)CC)nc(N)c1I. The van der Waals surface area contributed by atoms with Gasteiger partial charge in [-0.1, -0.05) is 20.8 Å². The first-order chi connectivity index (χ1) is 6.60. The van der Waals surface area contributed by atoms with Crippen molar-refractivity contribution in [2.24, 2.45) is 0 Å². The number of nitrogen functional groups attached to an aromatic ring is 1. The molecule has 0 spiro atoms. The molecule has 0 saturated carbocycles. The summed E-state index contributed by atoms with van der Waals surface area (Å²) in [5.74, 6) is 1.88. The van der Waals surface area contributed by atoms with Crippen LogP contribution >= 0.6 is 22.6 Å². The molecule has 0 aromatic carbocycles. The number of aromatic nitrogens is 2. The van der Waals surface area contributed by atoms with Crippen LogP contribution in [0.2, 0.25) is 0 Å². The van der Waals surface area contributed by atoms with Crippen LogP contribution in [0.4, 0.5) is 5.82 Å². The van der Waals surface area contributed by atoms with Gasteiger partial charge in [-0.05, 0) is 35.4 Å². The molecule has 1 heterocycles. The minimum Gasteiger partial charge on any atom is -0.383 e. The Bertz CT molecular complexity index is 325. The summed E-state index contributed by atoms with van der Waals surface area (Å²) >= 11 is 2.21. The lowest BCUT2D eigenvalue weighted by molar-refractivity contribution is 0.671. The first kappa shape index (κ1) is 11.7. The molecule has 14 heavy (non-hydrogen) atoms. The van der Waals surface area contributed by atoms with Gasteiger partial charge in [-0.3, -0.25) is 0 Å². The monoisotopic (exact) mass is 305 g/mol. The summed E-state index contributed by atoms with van der Waals surface area (Å²) in [4.78, 5) is 8.84. The molecule has 1 aromatic heterocycles. The number of nitrogens with zero attached hydrogens (tertiary/aromatic N) is 2. The second kappa shape index (κ2) is 4.91. The average Bonchev–Trinajstić information content (AvgIpc) is 2.20. The highest BCUT2D eigenvalue weighted by atomic mass is 127. The third-order valence-electron chi connectivity index (χ3n) is 2.35. The molecule has 4 heteroatoms. The van der Waals surface area contributed by atoms with Crippen molar-refractivity contribution in [3.8, 4) is 0 Å². The van der Waals surface area contributed by atoms with Crippen LogP contribution in [-0.2, 0) is 6.42 Å². The summed E-state index contributed by atoms with van der Waals surface area (Å²) in [5, 5.41) is 0. The average molecular weight is 305 g/mol. The van der Waals surface area contributed by atoms with E-state index in [2.05, 4.69) is 53.3 Å². The fourth-order valence-electron chi connectivity index (χ4n) is 1.17. The Morgan fingerprint density at radius 1 is 1.36 bits per heavy atom. The van der Waals surface area contributed by atoms with Gasteiger partial charge in [0.25, 0.3) is 0 Å². The van der Waals surface area contributed by atoms with Gasteiger partial charge in [0.2, 0.25) is 0 Å². The Balaban J connectivity index is 3.16. The first-order valence-electron chi connectivity index (χ1n) is 4.91. The van der Waals surface area contributed by atoms with E-state index in [4.69, 9.17) is 5.73 Å². The summed E-state index contributed by atoms with van der Waals surface area (Å²) in [5.41, 5.74) is 6.89. The van der Waals surface area contributed by atoms with Crippen molar-refractivity contribution in [1.29, 1.82) is 0 Å². The van der Waals surface area contributed by atoms with Crippen molar-refractivity contribution in [3.63, 3.8) is 0 Å². The van der Waals surface area contributed by atoms with Gasteiger partial charge in [0.05, 0.1) is 9.26 Å². The van der Waals surface area contributed by atoms with Crippen molar-refractivity contribution < 1.29 is 0 Å². The summed E-state index contributed by atoms with van der Waals surface area (Å²) in [6.45, 7) is 6.35. The minimum absolute atomic E-state index is 0.389. The predicted molar refractivity (Wildman–Crippen MR) is 67.2 cm³/mol. The van der Waals surface area contributed by atoms with Crippen molar-refractivity contribution in [3.05, 3.63) is 15.1 Å². The maximum Gasteiger partial charge on any atom is 0.140 e. The molecule has 1 unspecified atom stereocenters. The standard InChI is InChI=1S/C10H16IN3/c1-4-6(3)10-13-7(5-2)8(11)9(12)14-10/h6H,4-5H2,1-3H3,(H2,12,13,14). The number of anilines is 1. The highest BCUT2D eigenvalue weighted by molar-refractivity contribution is 14.1. The lowest BCUT2D eigenvalue weighted by Crippen LogP contribution is -2.08. The molecule has 1 aromatic rings. The number of hydrogen-bond donors (Lipinski definition) is 1. The second-order valence-corrected chi connectivity index (χ2v) is 4.47. The Morgan fingerprint density at radius 2 is 2.00 bits per heavy atom. The normalized spacial score (nSPS) is 12.9. The quantitative estimate of drug-likeness (QED) is 0.874. The number of aryl methyl sites for hydroxylation is 1. The van der Waals surface area contributed by atoms with Gasteiger partial charge in [-0.2, -0.15) is 0 Å². The van der Waals surface area contributed by atoms with Crippen LogP contribution in [0.5, 0.6) is 0 Å². The van der Waals surface area contributed by atoms with E-state index in [0.29, 0.717) is 11.7 Å². The first-order valence-corrected chi connectivity index (χ1v) is 5.99. The van der Waals surface area contributed by atoms with Gasteiger partial charge in [0.15, 0.2) is 0 Å². The van der Waals surface area contributed by atoms with Crippen LogP contribution in [0.1, 0.15) is 44.6 Å². The Kier molecular flexibility index (Phi) is 4.10. The van der Waals surface area contributed by atoms with E-state index in [1.165, 1.54) is 0 Å². The van der Waals surface area contributed by atoms with E-state index in [-0.39, 0.29) is 0 Å². The fourth-order valence-corrected chi connectivity index (χ4v) is 1.79. The molecule has 0 aliphatic carbocycles. The molecule has 1 rings (SSSR count). The van der Waals surface area contributed by atoms with Crippen LogP contribution < -0.4 is 5.73 Å². The molecule has 0 fully saturated rings. The lowest BCUT2D eigenvalue weighted by atomic mass is 10.1. The highest BCUT2D eigenvalue weighted by Gasteiger charge is 2.12. The molecule has 0 radical (unpaired) electrons. The minimum atomic E-state index is 0.389. The zero-order chi connectivity index (χ0) is 10.7. The van der Waals surface area contributed by atoms with Crippen LogP contribution in [-0.4, -0.2) is 9.97 Å². The topological polar surface area (TPSA) is 51.8 Å². The maximum absolute atomic E-state index is 5.83. The molecule has 3 nitrogen and oxygen atoms in total. The van der Waals surface area contributed by atoms with Gasteiger partial charge < -0.3 is 5.73 Å².